The molecular formula is C11H15F2N3O2. The van der Waals surface area contributed by atoms with Gasteiger partial charge in [0.1, 0.15) is 5.75 Å². The molecule has 0 spiro atoms. The highest BCUT2D eigenvalue weighted by molar-refractivity contribution is 5.89. The van der Waals surface area contributed by atoms with Crippen molar-refractivity contribution < 1.29 is 18.3 Å². The van der Waals surface area contributed by atoms with Crippen LogP contribution in [0.1, 0.15) is 0 Å². The van der Waals surface area contributed by atoms with Gasteiger partial charge in [-0.05, 0) is 12.1 Å². The van der Waals surface area contributed by atoms with Crippen LogP contribution in [0.5, 0.6) is 5.75 Å². The number of carbonyl (C=O) groups is 1. The number of rotatable bonds is 5. The van der Waals surface area contributed by atoms with Gasteiger partial charge < -0.3 is 21.1 Å². The third kappa shape index (κ3) is 4.54. The first-order valence-electron chi connectivity index (χ1n) is 5.23. The summed E-state index contributed by atoms with van der Waals surface area (Å²) in [4.78, 5) is 11.3. The van der Waals surface area contributed by atoms with Gasteiger partial charge in [0.05, 0.1) is 20.2 Å². The first-order chi connectivity index (χ1) is 8.46. The predicted octanol–water partition coefficient (Wildman–Crippen LogP) is 1.41. The molecule has 2 amide bonds. The van der Waals surface area contributed by atoms with Crippen molar-refractivity contribution in [3.63, 3.8) is 0 Å². The van der Waals surface area contributed by atoms with Crippen LogP contribution in [0.25, 0.3) is 0 Å². The van der Waals surface area contributed by atoms with Crippen LogP contribution in [0.4, 0.5) is 19.3 Å². The highest BCUT2D eigenvalue weighted by atomic mass is 19.3. The molecule has 0 fully saturated rings. The van der Waals surface area contributed by atoms with E-state index in [9.17, 15) is 13.6 Å². The first kappa shape index (κ1) is 14.2. The van der Waals surface area contributed by atoms with Crippen molar-refractivity contribution >= 4 is 11.7 Å². The molecule has 0 aromatic heterocycles. The van der Waals surface area contributed by atoms with E-state index in [1.807, 2.05) is 5.32 Å². The summed E-state index contributed by atoms with van der Waals surface area (Å²) in [5.74, 6) is -2.55. The van der Waals surface area contributed by atoms with Gasteiger partial charge in [0.2, 0.25) is 0 Å². The van der Waals surface area contributed by atoms with Crippen molar-refractivity contribution in [2.24, 2.45) is 5.73 Å². The lowest BCUT2D eigenvalue weighted by Crippen LogP contribution is -2.43. The standard InChI is InChI=1S/C11H15F2N3O2/c1-18-9-4-2-3-8(5-9)16-10(17)15-7-11(12,13)6-14/h2-5H,6-7,14H2,1H3,(H2,15,16,17). The molecule has 18 heavy (non-hydrogen) atoms. The first-order valence-corrected chi connectivity index (χ1v) is 5.23. The second-order valence-corrected chi connectivity index (χ2v) is 3.60. The molecule has 1 rings (SSSR count). The number of anilines is 1. The number of nitrogens with one attached hydrogen (secondary N) is 2. The lowest BCUT2D eigenvalue weighted by atomic mass is 10.3. The zero-order chi connectivity index (χ0) is 13.6. The van der Waals surface area contributed by atoms with E-state index in [-0.39, 0.29) is 0 Å². The molecule has 5 nitrogen and oxygen atoms in total. The third-order valence-electron chi connectivity index (χ3n) is 2.13. The van der Waals surface area contributed by atoms with Crippen LogP contribution in [0, 0.1) is 0 Å². The number of halogens is 2. The molecule has 0 saturated carbocycles. The van der Waals surface area contributed by atoms with Crippen LogP contribution >= 0.6 is 0 Å². The Kier molecular flexibility index (Phi) is 4.85. The summed E-state index contributed by atoms with van der Waals surface area (Å²) in [6.45, 7) is -1.62. The van der Waals surface area contributed by atoms with Crippen molar-refractivity contribution in [3.05, 3.63) is 24.3 Å². The number of hydrogen-bond donors (Lipinski definition) is 3. The summed E-state index contributed by atoms with van der Waals surface area (Å²) >= 11 is 0. The molecule has 0 radical (unpaired) electrons. The summed E-state index contributed by atoms with van der Waals surface area (Å²) in [6.07, 6.45) is 0. The third-order valence-corrected chi connectivity index (χ3v) is 2.13. The fourth-order valence-electron chi connectivity index (χ4n) is 1.16. The smallest absolute Gasteiger partial charge is 0.319 e. The molecule has 0 atom stereocenters. The molecule has 0 aliphatic rings. The molecular weight excluding hydrogens is 244 g/mol. The van der Waals surface area contributed by atoms with E-state index in [0.29, 0.717) is 11.4 Å². The number of methoxy groups -OCH3 is 1. The number of ether oxygens (including phenoxy) is 1. The molecule has 0 aliphatic heterocycles. The Bertz CT molecular complexity index is 413. The molecule has 4 N–H and O–H groups in total. The van der Waals surface area contributed by atoms with Gasteiger partial charge in [-0.3, -0.25) is 0 Å². The Morgan fingerprint density at radius 2 is 2.22 bits per heavy atom. The summed E-state index contributed by atoms with van der Waals surface area (Å²) in [5, 5.41) is 4.45. The molecule has 7 heteroatoms. The molecule has 100 valence electrons. The SMILES string of the molecule is COc1cccc(NC(=O)NCC(F)(F)CN)c1. The average Bonchev–Trinajstić information content (AvgIpc) is 2.37. The Labute approximate surface area is 103 Å². The Balaban J connectivity index is 2.49. The maximum Gasteiger partial charge on any atom is 0.319 e. The summed E-state index contributed by atoms with van der Waals surface area (Å²) < 4.78 is 30.5. The minimum Gasteiger partial charge on any atom is -0.497 e. The van der Waals surface area contributed by atoms with Gasteiger partial charge in [0.25, 0.3) is 5.92 Å². The van der Waals surface area contributed by atoms with Gasteiger partial charge in [-0.2, -0.15) is 0 Å². The van der Waals surface area contributed by atoms with E-state index >= 15 is 0 Å². The molecule has 1 aromatic carbocycles. The van der Waals surface area contributed by atoms with Gasteiger partial charge in [-0.15, -0.1) is 0 Å². The zero-order valence-electron chi connectivity index (χ0n) is 9.87. The van der Waals surface area contributed by atoms with Gasteiger partial charge in [0, 0.05) is 11.8 Å². The number of nitrogens with two attached hydrogens (primary N) is 1. The van der Waals surface area contributed by atoms with Crippen molar-refractivity contribution in [1.29, 1.82) is 0 Å². The Morgan fingerprint density at radius 1 is 1.50 bits per heavy atom. The quantitative estimate of drug-likeness (QED) is 0.748. The lowest BCUT2D eigenvalue weighted by molar-refractivity contribution is 0.0148. The Morgan fingerprint density at radius 3 is 2.83 bits per heavy atom. The average molecular weight is 259 g/mol. The van der Waals surface area contributed by atoms with Crippen molar-refractivity contribution in [1.82, 2.24) is 5.32 Å². The van der Waals surface area contributed by atoms with Crippen molar-refractivity contribution in [2.45, 2.75) is 5.92 Å². The highest BCUT2D eigenvalue weighted by Gasteiger charge is 2.27. The number of alkyl halides is 2. The van der Waals surface area contributed by atoms with E-state index in [2.05, 4.69) is 5.32 Å². The lowest BCUT2D eigenvalue weighted by Gasteiger charge is -2.15. The highest BCUT2D eigenvalue weighted by Crippen LogP contribution is 2.16. The number of hydrogen-bond acceptors (Lipinski definition) is 3. The van der Waals surface area contributed by atoms with E-state index in [4.69, 9.17) is 10.5 Å². The predicted molar refractivity (Wildman–Crippen MR) is 64.0 cm³/mol. The van der Waals surface area contributed by atoms with Crippen LogP contribution < -0.4 is 21.1 Å². The molecule has 0 heterocycles. The van der Waals surface area contributed by atoms with Gasteiger partial charge in [-0.1, -0.05) is 6.07 Å². The maximum atomic E-state index is 12.8. The topological polar surface area (TPSA) is 76.4 Å². The van der Waals surface area contributed by atoms with Crippen molar-refractivity contribution in [3.8, 4) is 5.75 Å². The second kappa shape index (κ2) is 6.15. The Hall–Kier alpha value is -1.89. The van der Waals surface area contributed by atoms with Crippen LogP contribution in [0.15, 0.2) is 24.3 Å². The van der Waals surface area contributed by atoms with Crippen molar-refractivity contribution in [2.75, 3.05) is 25.5 Å². The molecule has 0 aliphatic carbocycles. The van der Waals surface area contributed by atoms with E-state index in [0.717, 1.165) is 0 Å². The molecule has 0 unspecified atom stereocenters. The summed E-state index contributed by atoms with van der Waals surface area (Å²) in [7, 11) is 1.49. The maximum absolute atomic E-state index is 12.8. The minimum atomic E-state index is -3.11. The van der Waals surface area contributed by atoms with Crippen LogP contribution in [-0.4, -0.2) is 32.2 Å². The molecule has 0 saturated heterocycles. The number of benzene rings is 1. The van der Waals surface area contributed by atoms with Crippen LogP contribution in [0.2, 0.25) is 0 Å². The second-order valence-electron chi connectivity index (χ2n) is 3.60. The zero-order valence-corrected chi connectivity index (χ0v) is 9.87. The van der Waals surface area contributed by atoms with E-state index < -0.39 is 25.0 Å². The van der Waals surface area contributed by atoms with Gasteiger partial charge >= 0.3 is 6.03 Å². The van der Waals surface area contributed by atoms with E-state index in [1.54, 1.807) is 24.3 Å². The number of amides is 2. The number of carbonyl (C=O) groups excluding carboxylic acids is 1. The normalized spacial score (nSPS) is 10.9. The monoisotopic (exact) mass is 259 g/mol. The van der Waals surface area contributed by atoms with E-state index in [1.165, 1.54) is 7.11 Å². The molecule has 1 aromatic rings. The molecule has 0 bridgehead atoms. The summed E-state index contributed by atoms with van der Waals surface area (Å²) in [5.41, 5.74) is 5.29. The van der Waals surface area contributed by atoms with Gasteiger partial charge in [0.15, 0.2) is 0 Å². The minimum absolute atomic E-state index is 0.447. The summed E-state index contributed by atoms with van der Waals surface area (Å²) in [6, 6.07) is 5.83. The fraction of sp³-hybridized carbons (Fsp3) is 0.364. The largest absolute Gasteiger partial charge is 0.497 e. The number of urea groups is 1. The fourth-order valence-corrected chi connectivity index (χ4v) is 1.16. The van der Waals surface area contributed by atoms with Crippen LogP contribution in [-0.2, 0) is 0 Å². The van der Waals surface area contributed by atoms with Gasteiger partial charge in [-0.25, -0.2) is 13.6 Å². The van der Waals surface area contributed by atoms with Crippen LogP contribution in [0.3, 0.4) is 0 Å².